The minimum absolute atomic E-state index is 0.249. The van der Waals surface area contributed by atoms with E-state index in [-0.39, 0.29) is 16.0 Å². The van der Waals surface area contributed by atoms with E-state index in [0.29, 0.717) is 22.7 Å². The van der Waals surface area contributed by atoms with E-state index in [1.807, 2.05) is 0 Å². The van der Waals surface area contributed by atoms with Crippen LogP contribution in [0.4, 0.5) is 18.9 Å². The van der Waals surface area contributed by atoms with Crippen molar-refractivity contribution >= 4 is 40.5 Å². The van der Waals surface area contributed by atoms with E-state index in [4.69, 9.17) is 34.8 Å². The summed E-state index contributed by atoms with van der Waals surface area (Å²) >= 11 is 17.9. The molecule has 0 N–H and O–H groups in total. The van der Waals surface area contributed by atoms with Crippen molar-refractivity contribution in [3.63, 3.8) is 0 Å². The molecule has 0 saturated carbocycles. The first-order valence-electron chi connectivity index (χ1n) is 6.41. The van der Waals surface area contributed by atoms with Gasteiger partial charge in [0, 0.05) is 30.7 Å². The number of nitrogens with zero attached hydrogens (tertiary/aromatic N) is 1. The molecule has 1 unspecified atom stereocenters. The van der Waals surface area contributed by atoms with Crippen molar-refractivity contribution < 1.29 is 13.2 Å². The molecule has 0 radical (unpaired) electrons. The molecule has 0 saturated heterocycles. The van der Waals surface area contributed by atoms with Crippen molar-refractivity contribution in [1.82, 2.24) is 0 Å². The number of anilines is 1. The molecule has 22 heavy (non-hydrogen) atoms. The van der Waals surface area contributed by atoms with Gasteiger partial charge in [-0.3, -0.25) is 0 Å². The summed E-state index contributed by atoms with van der Waals surface area (Å²) in [4.78, 5) is 1.62. The fourth-order valence-corrected chi connectivity index (χ4v) is 2.93. The van der Waals surface area contributed by atoms with Crippen molar-refractivity contribution in [3.8, 4) is 0 Å². The minimum atomic E-state index is -4.42. The van der Waals surface area contributed by atoms with Crippen LogP contribution in [0, 0.1) is 0 Å². The molecule has 0 heterocycles. The third kappa shape index (κ3) is 3.73. The molecule has 2 rings (SSSR count). The second-order valence-corrected chi connectivity index (χ2v) is 6.49. The Morgan fingerprint density at radius 3 is 2.23 bits per heavy atom. The van der Waals surface area contributed by atoms with Gasteiger partial charge in [-0.25, -0.2) is 0 Å². The van der Waals surface area contributed by atoms with Crippen molar-refractivity contribution in [2.75, 3.05) is 19.0 Å². The highest BCUT2D eigenvalue weighted by atomic mass is 35.5. The Kier molecular flexibility index (Phi) is 5.05. The summed E-state index contributed by atoms with van der Waals surface area (Å²) in [7, 11) is 3.37. The molecular formula is C15H13Cl3F3N. The lowest BCUT2D eigenvalue weighted by Crippen LogP contribution is -2.14. The van der Waals surface area contributed by atoms with E-state index >= 15 is 0 Å². The minimum Gasteiger partial charge on any atom is -0.378 e. The van der Waals surface area contributed by atoms with E-state index in [2.05, 4.69) is 0 Å². The molecule has 1 aromatic carbocycles. The van der Waals surface area contributed by atoms with Crippen LogP contribution < -0.4 is 4.90 Å². The molecule has 1 nitrogen and oxygen atoms in total. The summed E-state index contributed by atoms with van der Waals surface area (Å²) in [6, 6.07) is 3.94. The van der Waals surface area contributed by atoms with Gasteiger partial charge in [0.25, 0.3) is 0 Å². The molecule has 1 aliphatic carbocycles. The molecule has 0 fully saturated rings. The fraction of sp³-hybridized carbons (Fsp3) is 0.333. The topological polar surface area (TPSA) is 3.24 Å². The maximum absolute atomic E-state index is 13.1. The summed E-state index contributed by atoms with van der Waals surface area (Å²) in [5.41, 5.74) is 0.264. The van der Waals surface area contributed by atoms with Crippen LogP contribution in [0.3, 0.4) is 0 Å². The number of hydrogen-bond acceptors (Lipinski definition) is 1. The fourth-order valence-electron chi connectivity index (χ4n) is 2.21. The van der Waals surface area contributed by atoms with Crippen LogP contribution in [-0.2, 0) is 6.18 Å². The Labute approximate surface area is 141 Å². The molecule has 7 heteroatoms. The second kappa shape index (κ2) is 6.34. The first kappa shape index (κ1) is 17.5. The highest BCUT2D eigenvalue weighted by molar-refractivity contribution is 6.48. The Morgan fingerprint density at radius 1 is 1.09 bits per heavy atom. The SMILES string of the molecule is CN(C)c1cc(C2C=C(Cl)C(Cl)=C(Cl)C2)cc(C(F)(F)F)c1. The smallest absolute Gasteiger partial charge is 0.378 e. The second-order valence-electron chi connectivity index (χ2n) is 5.25. The summed E-state index contributed by atoms with van der Waals surface area (Å²) in [5, 5.41) is 0.856. The number of benzene rings is 1. The van der Waals surface area contributed by atoms with E-state index in [1.54, 1.807) is 31.1 Å². The third-order valence-electron chi connectivity index (χ3n) is 3.41. The van der Waals surface area contributed by atoms with Gasteiger partial charge in [-0.1, -0.05) is 40.9 Å². The van der Waals surface area contributed by atoms with Gasteiger partial charge < -0.3 is 4.90 Å². The molecule has 1 atom stereocenters. The highest BCUT2D eigenvalue weighted by Crippen LogP contribution is 2.42. The van der Waals surface area contributed by atoms with E-state index in [1.165, 1.54) is 0 Å². The number of halogens is 6. The van der Waals surface area contributed by atoms with E-state index in [9.17, 15) is 13.2 Å². The lowest BCUT2D eigenvalue weighted by molar-refractivity contribution is -0.137. The van der Waals surface area contributed by atoms with Gasteiger partial charge in [0.1, 0.15) is 0 Å². The van der Waals surface area contributed by atoms with Gasteiger partial charge in [-0.15, -0.1) is 0 Å². The summed E-state index contributed by atoms with van der Waals surface area (Å²) in [6.07, 6.45) is -2.46. The zero-order valence-corrected chi connectivity index (χ0v) is 14.1. The lowest BCUT2D eigenvalue weighted by atomic mass is 9.90. The predicted molar refractivity (Wildman–Crippen MR) is 85.8 cm³/mol. The molecule has 1 aromatic rings. The Bertz CT molecular complexity index is 648. The van der Waals surface area contributed by atoms with E-state index < -0.39 is 11.7 Å². The summed E-state index contributed by atoms with van der Waals surface area (Å²) < 4.78 is 39.2. The number of allylic oxidation sites excluding steroid dienone is 4. The number of rotatable bonds is 2. The maximum Gasteiger partial charge on any atom is 0.416 e. The molecular weight excluding hydrogens is 358 g/mol. The summed E-state index contributed by atoms with van der Waals surface area (Å²) in [6.45, 7) is 0. The van der Waals surface area contributed by atoms with Crippen LogP contribution in [0.2, 0.25) is 0 Å². The van der Waals surface area contributed by atoms with Gasteiger partial charge >= 0.3 is 6.18 Å². The number of alkyl halides is 3. The van der Waals surface area contributed by atoms with Gasteiger partial charge in [0.05, 0.1) is 15.6 Å². The molecule has 120 valence electrons. The lowest BCUT2D eigenvalue weighted by Gasteiger charge is -2.23. The Balaban J connectivity index is 2.50. The van der Waals surface area contributed by atoms with Gasteiger partial charge in [-0.2, -0.15) is 13.2 Å². The molecule has 0 bridgehead atoms. The average molecular weight is 371 g/mol. The maximum atomic E-state index is 13.1. The Hall–Kier alpha value is -0.840. The van der Waals surface area contributed by atoms with Crippen molar-refractivity contribution in [1.29, 1.82) is 0 Å². The van der Waals surface area contributed by atoms with Gasteiger partial charge in [0.15, 0.2) is 0 Å². The molecule has 0 amide bonds. The normalized spacial score (nSPS) is 19.3. The van der Waals surface area contributed by atoms with Crippen LogP contribution in [0.1, 0.15) is 23.5 Å². The third-order valence-corrected chi connectivity index (χ3v) is 4.69. The average Bonchev–Trinajstić information content (AvgIpc) is 2.42. The zero-order chi connectivity index (χ0) is 16.7. The quantitative estimate of drug-likeness (QED) is 0.610. The van der Waals surface area contributed by atoms with Gasteiger partial charge in [-0.05, 0) is 30.2 Å². The molecule has 0 spiro atoms. The van der Waals surface area contributed by atoms with Crippen LogP contribution >= 0.6 is 34.8 Å². The highest BCUT2D eigenvalue weighted by Gasteiger charge is 2.32. The van der Waals surface area contributed by atoms with E-state index in [0.717, 1.165) is 12.1 Å². The zero-order valence-electron chi connectivity index (χ0n) is 11.8. The van der Waals surface area contributed by atoms with Crippen molar-refractivity contribution in [2.24, 2.45) is 0 Å². The van der Waals surface area contributed by atoms with Crippen LogP contribution in [0.25, 0.3) is 0 Å². The largest absolute Gasteiger partial charge is 0.416 e. The summed E-state index contributed by atoms with van der Waals surface area (Å²) in [5.74, 6) is -0.344. The Morgan fingerprint density at radius 2 is 1.73 bits per heavy atom. The van der Waals surface area contributed by atoms with Gasteiger partial charge in [0.2, 0.25) is 0 Å². The van der Waals surface area contributed by atoms with Crippen molar-refractivity contribution in [2.45, 2.75) is 18.5 Å². The number of hydrogen-bond donors (Lipinski definition) is 0. The van der Waals surface area contributed by atoms with Crippen LogP contribution in [0.15, 0.2) is 39.4 Å². The first-order chi connectivity index (χ1) is 10.1. The first-order valence-corrected chi connectivity index (χ1v) is 7.54. The standard InChI is InChI=1S/C15H13Cl3F3N/c1-22(2)11-4-8(3-10(7-11)15(19,20)21)9-5-12(16)14(18)13(17)6-9/h3-5,7,9H,6H2,1-2H3. The molecule has 1 aliphatic rings. The predicted octanol–water partition coefficient (Wildman–Crippen LogP) is 6.07. The monoisotopic (exact) mass is 369 g/mol. The molecule has 0 aromatic heterocycles. The van der Waals surface area contributed by atoms with Crippen molar-refractivity contribution in [3.05, 3.63) is 50.5 Å². The molecule has 0 aliphatic heterocycles. The van der Waals surface area contributed by atoms with Crippen LogP contribution in [-0.4, -0.2) is 14.1 Å². The van der Waals surface area contributed by atoms with Crippen LogP contribution in [0.5, 0.6) is 0 Å².